The van der Waals surface area contributed by atoms with Crippen molar-refractivity contribution in [1.82, 2.24) is 5.01 Å². The van der Waals surface area contributed by atoms with Gasteiger partial charge in [0.15, 0.2) is 6.23 Å². The summed E-state index contributed by atoms with van der Waals surface area (Å²) >= 11 is 0. The summed E-state index contributed by atoms with van der Waals surface area (Å²) in [6, 6.07) is 0. The Morgan fingerprint density at radius 1 is 1.29 bits per heavy atom. The van der Waals surface area contributed by atoms with E-state index in [1.807, 2.05) is 0 Å². The molecule has 1 saturated heterocycles. The number of hydrogen-bond donors (Lipinski definition) is 6. The fourth-order valence-corrected chi connectivity index (χ4v) is 1.64. The van der Waals surface area contributed by atoms with Crippen molar-refractivity contribution in [3.63, 3.8) is 0 Å². The van der Waals surface area contributed by atoms with Crippen LogP contribution in [0.25, 0.3) is 0 Å². The van der Waals surface area contributed by atoms with E-state index in [0.717, 1.165) is 5.01 Å². The Hall–Kier alpha value is -0.900. The summed E-state index contributed by atoms with van der Waals surface area (Å²) in [5.41, 5.74) is 5.79. The lowest BCUT2D eigenvalue weighted by atomic mass is 9.98. The van der Waals surface area contributed by atoms with Gasteiger partial charge in [0, 0.05) is 11.9 Å². The van der Waals surface area contributed by atoms with Gasteiger partial charge in [0.25, 0.3) is 0 Å². The average Bonchev–Trinajstić information content (AvgIpc) is 2.25. The molecule has 0 aromatic rings. The topological polar surface area (TPSA) is 145 Å². The minimum atomic E-state index is -1.46. The van der Waals surface area contributed by atoms with Crippen LogP contribution in [0.4, 0.5) is 0 Å². The molecular formula is C9H19N3O5. The predicted octanol–water partition coefficient (Wildman–Crippen LogP) is -3.22. The average molecular weight is 249 g/mol. The van der Waals surface area contributed by atoms with Crippen LogP contribution in [0.2, 0.25) is 0 Å². The molecule has 1 fully saturated rings. The summed E-state index contributed by atoms with van der Waals surface area (Å²) in [7, 11) is 0. The Labute approximate surface area is 98.7 Å². The lowest BCUT2D eigenvalue weighted by molar-refractivity contribution is -0.259. The summed E-state index contributed by atoms with van der Waals surface area (Å²) in [5, 5.41) is 38.7. The minimum absolute atomic E-state index is 0.379. The Morgan fingerprint density at radius 2 is 1.88 bits per heavy atom. The molecule has 0 amide bonds. The van der Waals surface area contributed by atoms with Crippen LogP contribution in [0.5, 0.6) is 0 Å². The monoisotopic (exact) mass is 249 g/mol. The van der Waals surface area contributed by atoms with Crippen molar-refractivity contribution in [3.05, 3.63) is 11.9 Å². The fraction of sp³-hybridized carbons (Fsp3) is 0.778. The highest BCUT2D eigenvalue weighted by atomic mass is 16.6. The van der Waals surface area contributed by atoms with Crippen molar-refractivity contribution >= 4 is 0 Å². The van der Waals surface area contributed by atoms with Crippen molar-refractivity contribution in [2.24, 2.45) is 11.6 Å². The van der Waals surface area contributed by atoms with Crippen molar-refractivity contribution in [2.75, 3.05) is 6.61 Å². The van der Waals surface area contributed by atoms with E-state index < -0.39 is 37.3 Å². The van der Waals surface area contributed by atoms with Crippen molar-refractivity contribution in [1.29, 1.82) is 0 Å². The third-order valence-corrected chi connectivity index (χ3v) is 2.51. The van der Waals surface area contributed by atoms with Gasteiger partial charge < -0.3 is 30.9 Å². The first-order chi connectivity index (χ1) is 7.88. The first kappa shape index (κ1) is 14.2. The zero-order chi connectivity index (χ0) is 13.2. The zero-order valence-corrected chi connectivity index (χ0v) is 9.47. The Morgan fingerprint density at radius 3 is 2.35 bits per heavy atom. The molecule has 1 aliphatic rings. The third-order valence-electron chi connectivity index (χ3n) is 2.51. The number of allylic oxidation sites excluding steroid dienone is 1. The van der Waals surface area contributed by atoms with Gasteiger partial charge in [0.2, 0.25) is 0 Å². The number of rotatable bonds is 3. The van der Waals surface area contributed by atoms with Gasteiger partial charge in [-0.15, -0.1) is 0 Å². The smallest absolute Gasteiger partial charge is 0.172 e. The number of hydrogen-bond acceptors (Lipinski definition) is 8. The van der Waals surface area contributed by atoms with Crippen LogP contribution in [0.3, 0.4) is 0 Å². The lowest BCUT2D eigenvalue weighted by Crippen LogP contribution is -2.63. The molecule has 0 saturated carbocycles. The van der Waals surface area contributed by atoms with Gasteiger partial charge in [-0.05, 0) is 6.92 Å². The highest BCUT2D eigenvalue weighted by molar-refractivity contribution is 4.96. The molecule has 5 unspecified atom stereocenters. The molecule has 0 radical (unpaired) electrons. The van der Waals surface area contributed by atoms with Crippen LogP contribution >= 0.6 is 0 Å². The molecule has 100 valence electrons. The molecule has 17 heavy (non-hydrogen) atoms. The molecule has 5 atom stereocenters. The summed E-state index contributed by atoms with van der Waals surface area (Å²) in [5.74, 6) is 5.58. The van der Waals surface area contributed by atoms with Gasteiger partial charge in [-0.2, -0.15) is 0 Å². The van der Waals surface area contributed by atoms with Gasteiger partial charge in [-0.1, -0.05) is 0 Å². The Kier molecular flexibility index (Phi) is 4.69. The van der Waals surface area contributed by atoms with Crippen LogP contribution in [0, 0.1) is 0 Å². The van der Waals surface area contributed by atoms with E-state index >= 15 is 0 Å². The first-order valence-electron chi connectivity index (χ1n) is 5.16. The molecule has 0 aliphatic carbocycles. The number of nitrogens with zero attached hydrogens (tertiary/aromatic N) is 1. The summed E-state index contributed by atoms with van der Waals surface area (Å²) in [4.78, 5) is 0. The van der Waals surface area contributed by atoms with Crippen molar-refractivity contribution in [3.8, 4) is 0 Å². The standard InChI is InChI=1S/C9H19N3O5/c1-4(10)2-12(11)9-8(16)7(15)6(14)5(3-13)17-9/h2,5-9,13-16H,3,10-11H2,1H3/b4-2-. The van der Waals surface area contributed by atoms with Gasteiger partial charge in [0.1, 0.15) is 24.4 Å². The molecule has 1 rings (SSSR count). The van der Waals surface area contributed by atoms with E-state index in [4.69, 9.17) is 21.4 Å². The van der Waals surface area contributed by atoms with Crippen LogP contribution < -0.4 is 11.6 Å². The second kappa shape index (κ2) is 5.63. The highest BCUT2D eigenvalue weighted by Gasteiger charge is 2.44. The van der Waals surface area contributed by atoms with E-state index in [1.54, 1.807) is 6.92 Å². The lowest BCUT2D eigenvalue weighted by Gasteiger charge is -2.42. The molecule has 8 N–H and O–H groups in total. The molecule has 0 aromatic carbocycles. The van der Waals surface area contributed by atoms with Crippen LogP contribution in [0.1, 0.15) is 6.92 Å². The largest absolute Gasteiger partial charge is 0.401 e. The second-order valence-corrected chi connectivity index (χ2v) is 4.04. The van der Waals surface area contributed by atoms with Gasteiger partial charge in [-0.3, -0.25) is 5.01 Å². The fourth-order valence-electron chi connectivity index (χ4n) is 1.64. The van der Waals surface area contributed by atoms with E-state index in [1.165, 1.54) is 6.20 Å². The van der Waals surface area contributed by atoms with Gasteiger partial charge >= 0.3 is 0 Å². The molecule has 1 aliphatic heterocycles. The van der Waals surface area contributed by atoms with Crippen LogP contribution in [0.15, 0.2) is 11.9 Å². The molecule has 0 spiro atoms. The van der Waals surface area contributed by atoms with E-state index in [0.29, 0.717) is 5.70 Å². The van der Waals surface area contributed by atoms with Gasteiger partial charge in [-0.25, -0.2) is 5.84 Å². The molecule has 0 bridgehead atoms. The normalized spacial score (nSPS) is 39.2. The summed E-state index contributed by atoms with van der Waals surface area (Å²) in [6.45, 7) is 1.09. The Balaban J connectivity index is 2.81. The third kappa shape index (κ3) is 3.06. The minimum Gasteiger partial charge on any atom is -0.401 e. The number of aliphatic hydroxyl groups is 4. The van der Waals surface area contributed by atoms with Crippen LogP contribution in [-0.2, 0) is 4.74 Å². The number of ether oxygens (including phenoxy) is 1. The van der Waals surface area contributed by atoms with Crippen molar-refractivity contribution < 1.29 is 25.2 Å². The molecule has 8 heteroatoms. The summed E-state index contributed by atoms with van der Waals surface area (Å²) < 4.78 is 5.18. The number of nitrogens with two attached hydrogens (primary N) is 2. The molecule has 0 aromatic heterocycles. The summed E-state index contributed by atoms with van der Waals surface area (Å²) in [6.07, 6.45) is -5.04. The van der Waals surface area contributed by atoms with Crippen LogP contribution in [-0.4, -0.2) is 62.7 Å². The maximum atomic E-state index is 9.70. The zero-order valence-electron chi connectivity index (χ0n) is 9.47. The van der Waals surface area contributed by atoms with E-state index in [-0.39, 0.29) is 0 Å². The SMILES string of the molecule is C/C(N)=C/N(N)C1OC(CO)C(O)C(O)C1O. The number of hydrazine groups is 1. The highest BCUT2D eigenvalue weighted by Crippen LogP contribution is 2.22. The predicted molar refractivity (Wildman–Crippen MR) is 57.7 cm³/mol. The van der Waals surface area contributed by atoms with E-state index in [2.05, 4.69) is 0 Å². The molecule has 1 heterocycles. The first-order valence-corrected chi connectivity index (χ1v) is 5.16. The maximum absolute atomic E-state index is 9.70. The van der Waals surface area contributed by atoms with Gasteiger partial charge in [0.05, 0.1) is 6.61 Å². The number of aliphatic hydroxyl groups excluding tert-OH is 4. The maximum Gasteiger partial charge on any atom is 0.172 e. The van der Waals surface area contributed by atoms with E-state index in [9.17, 15) is 15.3 Å². The second-order valence-electron chi connectivity index (χ2n) is 4.04. The molecule has 8 nitrogen and oxygen atoms in total. The Bertz CT molecular complexity index is 282. The molecular weight excluding hydrogens is 230 g/mol. The van der Waals surface area contributed by atoms with Crippen molar-refractivity contribution in [2.45, 2.75) is 37.6 Å². The quantitative estimate of drug-likeness (QED) is 0.226.